The fourth-order valence-electron chi connectivity index (χ4n) is 1.46. The Morgan fingerprint density at radius 3 is 2.47 bits per heavy atom. The summed E-state index contributed by atoms with van der Waals surface area (Å²) in [5, 5.41) is 13.2. The topological polar surface area (TPSA) is 49.3 Å². The Hall–Kier alpha value is -1.06. The highest BCUT2D eigenvalue weighted by molar-refractivity contribution is 6.30. The van der Waals surface area contributed by atoms with Gasteiger partial charge in [-0.1, -0.05) is 37.6 Å². The van der Waals surface area contributed by atoms with Crippen LogP contribution in [0.5, 0.6) is 0 Å². The standard InChI is InChI=1S/C13H18ClNO2/c1-9(2)7-13(17)15-8-12(16)10-3-5-11(14)6-4-10/h3-6,9,12,16H,7-8H2,1-2H3,(H,15,17). The lowest BCUT2D eigenvalue weighted by molar-refractivity contribution is -0.122. The van der Waals surface area contributed by atoms with E-state index in [9.17, 15) is 9.90 Å². The molecule has 0 radical (unpaired) electrons. The summed E-state index contributed by atoms with van der Waals surface area (Å²) in [6.45, 7) is 4.19. The number of rotatable bonds is 5. The van der Waals surface area contributed by atoms with E-state index in [0.29, 0.717) is 17.4 Å². The van der Waals surface area contributed by atoms with Crippen LogP contribution in [0.4, 0.5) is 0 Å². The number of halogens is 1. The van der Waals surface area contributed by atoms with E-state index in [4.69, 9.17) is 11.6 Å². The van der Waals surface area contributed by atoms with E-state index in [1.54, 1.807) is 24.3 Å². The van der Waals surface area contributed by atoms with Crippen LogP contribution in [-0.4, -0.2) is 17.6 Å². The highest BCUT2D eigenvalue weighted by Crippen LogP contribution is 2.15. The highest BCUT2D eigenvalue weighted by Gasteiger charge is 2.10. The summed E-state index contributed by atoms with van der Waals surface area (Å²) in [7, 11) is 0. The minimum absolute atomic E-state index is 0.0342. The van der Waals surface area contributed by atoms with E-state index in [1.165, 1.54) is 0 Å². The van der Waals surface area contributed by atoms with Crippen LogP contribution in [0.15, 0.2) is 24.3 Å². The molecular formula is C13H18ClNO2. The van der Waals surface area contributed by atoms with Crippen LogP contribution >= 0.6 is 11.6 Å². The van der Waals surface area contributed by atoms with Crippen molar-refractivity contribution < 1.29 is 9.90 Å². The summed E-state index contributed by atoms with van der Waals surface area (Å²) in [4.78, 5) is 11.4. The number of hydrogen-bond donors (Lipinski definition) is 2. The first kappa shape index (κ1) is 14.0. The Balaban J connectivity index is 2.42. The minimum atomic E-state index is -0.691. The van der Waals surface area contributed by atoms with E-state index in [2.05, 4.69) is 5.32 Å². The lowest BCUT2D eigenvalue weighted by Crippen LogP contribution is -2.29. The van der Waals surface area contributed by atoms with Gasteiger partial charge in [-0.05, 0) is 23.6 Å². The molecule has 0 aliphatic carbocycles. The van der Waals surface area contributed by atoms with Crippen LogP contribution in [0.1, 0.15) is 31.9 Å². The van der Waals surface area contributed by atoms with E-state index >= 15 is 0 Å². The third kappa shape index (κ3) is 5.20. The molecule has 2 N–H and O–H groups in total. The molecule has 0 heterocycles. The molecule has 0 saturated heterocycles. The SMILES string of the molecule is CC(C)CC(=O)NCC(O)c1ccc(Cl)cc1. The largest absolute Gasteiger partial charge is 0.387 e. The molecule has 1 aromatic rings. The zero-order valence-corrected chi connectivity index (χ0v) is 10.9. The van der Waals surface area contributed by atoms with Crippen LogP contribution < -0.4 is 5.32 Å². The summed E-state index contributed by atoms with van der Waals surface area (Å²) in [5.41, 5.74) is 0.749. The van der Waals surface area contributed by atoms with Crippen LogP contribution in [0.25, 0.3) is 0 Å². The average Bonchev–Trinajstić information content (AvgIpc) is 2.26. The van der Waals surface area contributed by atoms with Crippen molar-refractivity contribution in [2.24, 2.45) is 5.92 Å². The first-order valence-corrected chi connectivity index (χ1v) is 6.07. The smallest absolute Gasteiger partial charge is 0.220 e. The Bertz CT molecular complexity index is 362. The Morgan fingerprint density at radius 1 is 1.35 bits per heavy atom. The predicted octanol–water partition coefficient (Wildman–Crippen LogP) is 2.54. The molecule has 1 amide bonds. The van der Waals surface area contributed by atoms with Crippen molar-refractivity contribution in [3.8, 4) is 0 Å². The van der Waals surface area contributed by atoms with Gasteiger partial charge in [-0.15, -0.1) is 0 Å². The summed E-state index contributed by atoms with van der Waals surface area (Å²) < 4.78 is 0. The molecule has 1 rings (SSSR count). The van der Waals surface area contributed by atoms with Gasteiger partial charge in [0.1, 0.15) is 0 Å². The molecule has 0 fully saturated rings. The number of hydrogen-bond acceptors (Lipinski definition) is 2. The number of carbonyl (C=O) groups is 1. The normalized spacial score (nSPS) is 12.5. The maximum Gasteiger partial charge on any atom is 0.220 e. The monoisotopic (exact) mass is 255 g/mol. The third-order valence-electron chi connectivity index (χ3n) is 2.34. The van der Waals surface area contributed by atoms with Gasteiger partial charge in [-0.2, -0.15) is 0 Å². The number of aliphatic hydroxyl groups is 1. The van der Waals surface area contributed by atoms with E-state index in [-0.39, 0.29) is 12.5 Å². The first-order chi connectivity index (χ1) is 7.99. The van der Waals surface area contributed by atoms with Crippen molar-refractivity contribution in [3.05, 3.63) is 34.9 Å². The number of nitrogens with one attached hydrogen (secondary N) is 1. The van der Waals surface area contributed by atoms with Gasteiger partial charge >= 0.3 is 0 Å². The lowest BCUT2D eigenvalue weighted by atomic mass is 10.1. The predicted molar refractivity (Wildman–Crippen MR) is 68.9 cm³/mol. The fourth-order valence-corrected chi connectivity index (χ4v) is 1.58. The Labute approximate surface area is 107 Å². The van der Waals surface area contributed by atoms with Gasteiger partial charge in [0.05, 0.1) is 6.10 Å². The molecule has 0 aliphatic heterocycles. The van der Waals surface area contributed by atoms with Crippen LogP contribution in [0.2, 0.25) is 5.02 Å². The van der Waals surface area contributed by atoms with E-state index in [0.717, 1.165) is 5.56 Å². The summed E-state index contributed by atoms with van der Waals surface area (Å²) in [6.07, 6.45) is -0.212. The number of amides is 1. The van der Waals surface area contributed by atoms with Gasteiger partial charge in [0, 0.05) is 18.0 Å². The van der Waals surface area contributed by atoms with Crippen molar-refractivity contribution in [2.75, 3.05) is 6.54 Å². The molecule has 1 unspecified atom stereocenters. The lowest BCUT2D eigenvalue weighted by Gasteiger charge is -2.13. The van der Waals surface area contributed by atoms with Crippen molar-refractivity contribution in [1.29, 1.82) is 0 Å². The quantitative estimate of drug-likeness (QED) is 0.850. The van der Waals surface area contributed by atoms with Crippen LogP contribution in [0.3, 0.4) is 0 Å². The summed E-state index contributed by atoms with van der Waals surface area (Å²) in [5.74, 6) is 0.288. The van der Waals surface area contributed by atoms with Gasteiger partial charge in [0.25, 0.3) is 0 Å². The molecule has 0 bridgehead atoms. The summed E-state index contributed by atoms with van der Waals surface area (Å²) >= 11 is 5.75. The summed E-state index contributed by atoms with van der Waals surface area (Å²) in [6, 6.07) is 6.94. The molecule has 1 atom stereocenters. The van der Waals surface area contributed by atoms with Gasteiger partial charge in [0.2, 0.25) is 5.91 Å². The van der Waals surface area contributed by atoms with Crippen LogP contribution in [0, 0.1) is 5.92 Å². The third-order valence-corrected chi connectivity index (χ3v) is 2.59. The molecular weight excluding hydrogens is 238 g/mol. The number of carbonyl (C=O) groups excluding carboxylic acids is 1. The van der Waals surface area contributed by atoms with Crippen molar-refractivity contribution in [2.45, 2.75) is 26.4 Å². The molecule has 94 valence electrons. The molecule has 3 nitrogen and oxygen atoms in total. The highest BCUT2D eigenvalue weighted by atomic mass is 35.5. The second-order valence-corrected chi connectivity index (χ2v) is 4.91. The molecule has 17 heavy (non-hydrogen) atoms. The van der Waals surface area contributed by atoms with E-state index < -0.39 is 6.10 Å². The number of benzene rings is 1. The second kappa shape index (κ2) is 6.62. The van der Waals surface area contributed by atoms with Gasteiger partial charge in [0.15, 0.2) is 0 Å². The zero-order chi connectivity index (χ0) is 12.8. The number of aliphatic hydroxyl groups excluding tert-OH is 1. The maximum absolute atomic E-state index is 11.4. The van der Waals surface area contributed by atoms with Gasteiger partial charge in [-0.25, -0.2) is 0 Å². The molecule has 0 aromatic heterocycles. The fraction of sp³-hybridized carbons (Fsp3) is 0.462. The molecule has 0 saturated carbocycles. The maximum atomic E-state index is 11.4. The van der Waals surface area contributed by atoms with Crippen molar-refractivity contribution >= 4 is 17.5 Å². The average molecular weight is 256 g/mol. The second-order valence-electron chi connectivity index (χ2n) is 4.47. The minimum Gasteiger partial charge on any atom is -0.387 e. The molecule has 1 aromatic carbocycles. The first-order valence-electron chi connectivity index (χ1n) is 5.69. The van der Waals surface area contributed by atoms with E-state index in [1.807, 2.05) is 13.8 Å². The Morgan fingerprint density at radius 2 is 1.94 bits per heavy atom. The Kier molecular flexibility index (Phi) is 5.45. The van der Waals surface area contributed by atoms with Crippen molar-refractivity contribution in [3.63, 3.8) is 0 Å². The molecule has 0 spiro atoms. The van der Waals surface area contributed by atoms with Crippen molar-refractivity contribution in [1.82, 2.24) is 5.32 Å². The molecule has 4 heteroatoms. The molecule has 0 aliphatic rings. The zero-order valence-electron chi connectivity index (χ0n) is 10.1. The van der Waals surface area contributed by atoms with Crippen LogP contribution in [-0.2, 0) is 4.79 Å². The van der Waals surface area contributed by atoms with Gasteiger partial charge in [-0.3, -0.25) is 4.79 Å². The van der Waals surface area contributed by atoms with Gasteiger partial charge < -0.3 is 10.4 Å².